The zero-order valence-corrected chi connectivity index (χ0v) is 16.8. The molecule has 1 amide bonds. The maximum Gasteiger partial charge on any atom is 0.427 e. The summed E-state index contributed by atoms with van der Waals surface area (Å²) in [6.45, 7) is 2.27. The molecular formula is C17H18Cl2N2O2S2. The summed E-state index contributed by atoms with van der Waals surface area (Å²) in [5.41, 5.74) is 3.94. The van der Waals surface area contributed by atoms with Gasteiger partial charge in [0.2, 0.25) is 0 Å². The third-order valence-corrected chi connectivity index (χ3v) is 5.63. The molecule has 0 aliphatic heterocycles. The first-order chi connectivity index (χ1) is 12.1. The number of hydrogen-bond donors (Lipinski definition) is 1. The maximum absolute atomic E-state index is 11.6. The lowest BCUT2D eigenvalue weighted by atomic mass is 10.1. The average molecular weight is 417 g/mol. The number of ether oxygens (including phenoxy) is 1. The third-order valence-electron chi connectivity index (χ3n) is 3.03. The number of rotatable bonds is 8. The van der Waals surface area contributed by atoms with E-state index in [1.807, 2.05) is 30.0 Å². The number of nitrogens with zero attached hydrogens (tertiary/aromatic N) is 1. The first kappa shape index (κ1) is 20.1. The largest absolute Gasteiger partial charge is 0.447 e. The molecule has 1 heterocycles. The minimum Gasteiger partial charge on any atom is -0.447 e. The highest BCUT2D eigenvalue weighted by molar-refractivity contribution is 7.98. The van der Waals surface area contributed by atoms with Crippen molar-refractivity contribution in [1.29, 1.82) is 0 Å². The van der Waals surface area contributed by atoms with Gasteiger partial charge in [-0.15, -0.1) is 22.9 Å². The fourth-order valence-electron chi connectivity index (χ4n) is 1.92. The molecule has 0 aliphatic carbocycles. The van der Waals surface area contributed by atoms with E-state index in [2.05, 4.69) is 23.5 Å². The number of nitrogens with one attached hydrogen (secondary N) is 1. The second-order valence-corrected chi connectivity index (χ2v) is 8.06. The summed E-state index contributed by atoms with van der Waals surface area (Å²) in [6, 6.07) is 11.4. The predicted molar refractivity (Wildman–Crippen MR) is 108 cm³/mol. The highest BCUT2D eigenvalue weighted by atomic mass is 35.5. The molecule has 0 radical (unpaired) electrons. The molecular weight excluding hydrogens is 399 g/mol. The fourth-order valence-corrected chi connectivity index (χ4v) is 3.93. The van der Waals surface area contributed by atoms with Crippen LogP contribution in [-0.4, -0.2) is 30.0 Å². The molecule has 25 heavy (non-hydrogen) atoms. The van der Waals surface area contributed by atoms with Crippen LogP contribution in [0.2, 0.25) is 5.02 Å². The van der Waals surface area contributed by atoms with Gasteiger partial charge in [-0.1, -0.05) is 30.7 Å². The Morgan fingerprint density at radius 3 is 2.72 bits per heavy atom. The topological polar surface area (TPSA) is 50.7 Å². The second-order valence-electron chi connectivity index (χ2n) is 4.81. The van der Waals surface area contributed by atoms with Gasteiger partial charge in [0.15, 0.2) is 0 Å². The van der Waals surface area contributed by atoms with Gasteiger partial charge in [-0.2, -0.15) is 16.9 Å². The Morgan fingerprint density at radius 1 is 1.28 bits per heavy atom. The van der Waals surface area contributed by atoms with Crippen molar-refractivity contribution in [3.8, 4) is 0 Å². The molecule has 0 aliphatic rings. The Morgan fingerprint density at radius 2 is 2.04 bits per heavy atom. The molecule has 0 saturated heterocycles. The van der Waals surface area contributed by atoms with E-state index in [0.29, 0.717) is 10.7 Å². The zero-order chi connectivity index (χ0) is 18.1. The van der Waals surface area contributed by atoms with Gasteiger partial charge in [-0.3, -0.25) is 0 Å². The zero-order valence-electron chi connectivity index (χ0n) is 13.6. The van der Waals surface area contributed by atoms with Crippen LogP contribution in [0.1, 0.15) is 22.2 Å². The summed E-state index contributed by atoms with van der Waals surface area (Å²) >= 11 is 15.0. The smallest absolute Gasteiger partial charge is 0.427 e. The lowest BCUT2D eigenvalue weighted by molar-refractivity contribution is 0.153. The fraction of sp³-hybridized carbons (Fsp3) is 0.294. The third kappa shape index (κ3) is 6.55. The highest BCUT2D eigenvalue weighted by Crippen LogP contribution is 2.25. The van der Waals surface area contributed by atoms with Crippen molar-refractivity contribution in [2.45, 2.75) is 12.7 Å². The molecule has 0 bridgehead atoms. The van der Waals surface area contributed by atoms with Gasteiger partial charge in [-0.25, -0.2) is 10.2 Å². The molecule has 1 aromatic carbocycles. The number of thioether (sulfide) groups is 1. The van der Waals surface area contributed by atoms with E-state index in [4.69, 9.17) is 27.9 Å². The minimum atomic E-state index is -0.634. The summed E-state index contributed by atoms with van der Waals surface area (Å²) in [6.07, 6.45) is -0.634. The number of amides is 1. The summed E-state index contributed by atoms with van der Waals surface area (Å²) < 4.78 is 4.88. The van der Waals surface area contributed by atoms with Crippen molar-refractivity contribution in [1.82, 2.24) is 5.43 Å². The van der Waals surface area contributed by atoms with E-state index in [9.17, 15) is 4.79 Å². The van der Waals surface area contributed by atoms with Gasteiger partial charge in [0.05, 0.1) is 10.8 Å². The Labute approximate surface area is 165 Å². The summed E-state index contributed by atoms with van der Waals surface area (Å²) in [5, 5.41) is 4.89. The van der Waals surface area contributed by atoms with E-state index >= 15 is 0 Å². The van der Waals surface area contributed by atoms with Crippen LogP contribution in [0.4, 0.5) is 4.79 Å². The second kappa shape index (κ2) is 10.7. The summed E-state index contributed by atoms with van der Waals surface area (Å²) in [5.74, 6) is 2.27. The Kier molecular flexibility index (Phi) is 8.61. The lowest BCUT2D eigenvalue weighted by Gasteiger charge is -2.06. The van der Waals surface area contributed by atoms with Crippen molar-refractivity contribution in [3.05, 3.63) is 56.7 Å². The first-order valence-electron chi connectivity index (χ1n) is 7.63. The van der Waals surface area contributed by atoms with Crippen LogP contribution < -0.4 is 5.43 Å². The molecule has 2 aromatic rings. The lowest BCUT2D eigenvalue weighted by Crippen LogP contribution is -2.22. The maximum atomic E-state index is 11.6. The number of benzene rings is 1. The Hall–Kier alpha value is -1.21. The van der Waals surface area contributed by atoms with Crippen molar-refractivity contribution >= 4 is 58.1 Å². The minimum absolute atomic E-state index is 0.135. The van der Waals surface area contributed by atoms with Crippen LogP contribution in [-0.2, 0) is 10.5 Å². The summed E-state index contributed by atoms with van der Waals surface area (Å²) in [7, 11) is 0. The van der Waals surface area contributed by atoms with Gasteiger partial charge >= 0.3 is 6.09 Å². The standard InChI is InChI=1S/C17H18Cl2N2O2S2/c1-2-24-11-14-7-8-15(25-14)16(12-3-5-13(19)6-4-12)20-21-17(22)23-10-9-18/h3-8H,2,9-11H2,1H3,(H,21,22). The molecule has 0 unspecified atom stereocenters. The van der Waals surface area contributed by atoms with E-state index < -0.39 is 6.09 Å². The van der Waals surface area contributed by atoms with E-state index in [-0.39, 0.29) is 12.5 Å². The van der Waals surface area contributed by atoms with Gasteiger partial charge in [0, 0.05) is 21.2 Å². The number of thiophene rings is 1. The van der Waals surface area contributed by atoms with Crippen LogP contribution in [0.5, 0.6) is 0 Å². The molecule has 2 rings (SSSR count). The molecule has 8 heteroatoms. The first-order valence-corrected chi connectivity index (χ1v) is 10.5. The van der Waals surface area contributed by atoms with Crippen molar-refractivity contribution in [2.75, 3.05) is 18.2 Å². The molecule has 0 spiro atoms. The van der Waals surface area contributed by atoms with Crippen molar-refractivity contribution in [2.24, 2.45) is 5.10 Å². The van der Waals surface area contributed by atoms with Crippen LogP contribution in [0, 0.1) is 0 Å². The molecule has 0 saturated carbocycles. The van der Waals surface area contributed by atoms with E-state index in [0.717, 1.165) is 21.9 Å². The molecule has 4 nitrogen and oxygen atoms in total. The monoisotopic (exact) mass is 416 g/mol. The molecule has 1 aromatic heterocycles. The molecule has 0 atom stereocenters. The summed E-state index contributed by atoms with van der Waals surface area (Å²) in [4.78, 5) is 13.9. The average Bonchev–Trinajstić information content (AvgIpc) is 3.08. The normalized spacial score (nSPS) is 11.4. The quantitative estimate of drug-likeness (QED) is 0.357. The van der Waals surface area contributed by atoms with Crippen molar-refractivity contribution < 1.29 is 9.53 Å². The number of carbonyl (C=O) groups excluding carboxylic acids is 1. The Bertz CT molecular complexity index is 718. The van der Waals surface area contributed by atoms with Crippen molar-refractivity contribution in [3.63, 3.8) is 0 Å². The number of hydrogen-bond acceptors (Lipinski definition) is 5. The van der Waals surface area contributed by atoms with E-state index in [1.165, 1.54) is 4.88 Å². The SMILES string of the molecule is CCSCc1ccc(C(=NNC(=O)OCCCl)c2ccc(Cl)cc2)s1. The Balaban J connectivity index is 2.24. The van der Waals surface area contributed by atoms with Gasteiger partial charge in [-0.05, 0) is 30.0 Å². The number of hydrazone groups is 1. The molecule has 134 valence electrons. The van der Waals surface area contributed by atoms with Gasteiger partial charge in [0.1, 0.15) is 12.3 Å². The number of alkyl halides is 1. The van der Waals surface area contributed by atoms with Gasteiger partial charge < -0.3 is 4.74 Å². The predicted octanol–water partition coefficient (Wildman–Crippen LogP) is 5.37. The van der Waals surface area contributed by atoms with E-state index in [1.54, 1.807) is 23.5 Å². The van der Waals surface area contributed by atoms with Crippen LogP contribution in [0.15, 0.2) is 41.5 Å². The van der Waals surface area contributed by atoms with Crippen LogP contribution in [0.25, 0.3) is 0 Å². The molecule has 0 fully saturated rings. The number of halogens is 2. The number of carbonyl (C=O) groups is 1. The van der Waals surface area contributed by atoms with Crippen LogP contribution >= 0.6 is 46.3 Å². The van der Waals surface area contributed by atoms with Crippen LogP contribution in [0.3, 0.4) is 0 Å². The molecule has 1 N–H and O–H groups in total. The van der Waals surface area contributed by atoms with Gasteiger partial charge in [0.25, 0.3) is 0 Å². The highest BCUT2D eigenvalue weighted by Gasteiger charge is 2.12.